The molecule has 1 aromatic rings. The Morgan fingerprint density at radius 3 is 2.47 bits per heavy atom. The zero-order chi connectivity index (χ0) is 13.6. The second-order valence-corrected chi connectivity index (χ2v) is 6.14. The monoisotopic (exact) mass is 267 g/mol. The topological polar surface area (TPSA) is 23.5 Å². The fourth-order valence-corrected chi connectivity index (χ4v) is 3.34. The number of nitrogens with zero attached hydrogens (tertiary/aromatic N) is 1. The molecule has 1 aliphatic carbocycles. The third kappa shape index (κ3) is 2.79. The highest BCUT2D eigenvalue weighted by molar-refractivity contribution is 5.21. The Bertz CT molecular complexity index is 469. The first kappa shape index (κ1) is 13.0. The summed E-state index contributed by atoms with van der Waals surface area (Å²) in [4.78, 5) is 2.33. The molecule has 0 aromatic heterocycles. The van der Waals surface area contributed by atoms with E-state index in [-0.39, 0.29) is 0 Å². The van der Waals surface area contributed by atoms with E-state index in [9.17, 15) is 13.9 Å². The Morgan fingerprint density at radius 1 is 1.26 bits per heavy atom. The molecule has 3 rings (SSSR count). The maximum absolute atomic E-state index is 13.2. The average molecular weight is 267 g/mol. The van der Waals surface area contributed by atoms with Gasteiger partial charge in [0, 0.05) is 31.1 Å². The summed E-state index contributed by atoms with van der Waals surface area (Å²) in [5.41, 5.74) is -0.327. The maximum atomic E-state index is 13.2. The lowest BCUT2D eigenvalue weighted by Crippen LogP contribution is -2.36. The van der Waals surface area contributed by atoms with Gasteiger partial charge in [-0.15, -0.1) is 0 Å². The van der Waals surface area contributed by atoms with Crippen LogP contribution in [0.25, 0.3) is 0 Å². The average Bonchev–Trinajstić information content (AvgIpc) is 3.03. The van der Waals surface area contributed by atoms with Gasteiger partial charge in [-0.25, -0.2) is 8.78 Å². The van der Waals surface area contributed by atoms with Gasteiger partial charge < -0.3 is 5.11 Å². The van der Waals surface area contributed by atoms with Crippen LogP contribution < -0.4 is 0 Å². The highest BCUT2D eigenvalue weighted by Gasteiger charge is 2.45. The van der Waals surface area contributed by atoms with Crippen molar-refractivity contribution < 1.29 is 13.9 Å². The Hall–Kier alpha value is -1.00. The lowest BCUT2D eigenvalue weighted by molar-refractivity contribution is 0.0486. The summed E-state index contributed by atoms with van der Waals surface area (Å²) in [6.07, 6.45) is 3.39. The largest absolute Gasteiger partial charge is 0.388 e. The predicted octanol–water partition coefficient (Wildman–Crippen LogP) is 2.50. The molecule has 19 heavy (non-hydrogen) atoms. The summed E-state index contributed by atoms with van der Waals surface area (Å²) in [6, 6.07) is 4.43. The first-order chi connectivity index (χ1) is 8.95. The van der Waals surface area contributed by atoms with Gasteiger partial charge in [-0.2, -0.15) is 0 Å². The second-order valence-electron chi connectivity index (χ2n) is 6.14. The van der Waals surface area contributed by atoms with Crippen molar-refractivity contribution in [1.29, 1.82) is 0 Å². The third-order valence-corrected chi connectivity index (χ3v) is 4.19. The van der Waals surface area contributed by atoms with Gasteiger partial charge in [-0.3, -0.25) is 4.90 Å². The molecule has 0 spiro atoms. The number of halogens is 2. The summed E-state index contributed by atoms with van der Waals surface area (Å²) in [7, 11) is 0. The van der Waals surface area contributed by atoms with E-state index < -0.39 is 17.2 Å². The van der Waals surface area contributed by atoms with Crippen LogP contribution in [-0.2, 0) is 6.42 Å². The van der Waals surface area contributed by atoms with Gasteiger partial charge in [0.05, 0.1) is 5.60 Å². The molecule has 1 aliphatic heterocycles. The van der Waals surface area contributed by atoms with Gasteiger partial charge in [-0.1, -0.05) is 0 Å². The quantitative estimate of drug-likeness (QED) is 0.909. The van der Waals surface area contributed by atoms with Gasteiger partial charge in [0.1, 0.15) is 11.6 Å². The minimum absolute atomic E-state index is 0.315. The molecule has 1 saturated carbocycles. The van der Waals surface area contributed by atoms with Crippen LogP contribution in [0.15, 0.2) is 18.2 Å². The number of rotatable bonds is 3. The van der Waals surface area contributed by atoms with Crippen molar-refractivity contribution in [2.45, 2.75) is 50.3 Å². The lowest BCUT2D eigenvalue weighted by atomic mass is 9.92. The Balaban J connectivity index is 1.74. The summed E-state index contributed by atoms with van der Waals surface area (Å²) >= 11 is 0. The molecule has 4 heteroatoms. The van der Waals surface area contributed by atoms with Crippen molar-refractivity contribution in [2.75, 3.05) is 6.54 Å². The Morgan fingerprint density at radius 2 is 1.89 bits per heavy atom. The van der Waals surface area contributed by atoms with Crippen LogP contribution in [0, 0.1) is 11.6 Å². The highest BCUT2D eigenvalue weighted by atomic mass is 19.1. The number of likely N-dealkylation sites (tertiary alicyclic amines) is 1. The van der Waals surface area contributed by atoms with Crippen molar-refractivity contribution in [2.24, 2.45) is 0 Å². The summed E-state index contributed by atoms with van der Waals surface area (Å²) in [5, 5.41) is 10.7. The second kappa shape index (κ2) is 4.53. The summed E-state index contributed by atoms with van der Waals surface area (Å²) in [6.45, 7) is 2.72. The van der Waals surface area contributed by atoms with E-state index in [0.29, 0.717) is 37.0 Å². The normalized spacial score (nSPS) is 31.9. The number of hydrogen-bond acceptors (Lipinski definition) is 2. The van der Waals surface area contributed by atoms with Gasteiger partial charge in [0.2, 0.25) is 0 Å². The minimum atomic E-state index is -0.859. The number of hydrogen-bond donors (Lipinski definition) is 1. The zero-order valence-corrected chi connectivity index (χ0v) is 11.1. The van der Waals surface area contributed by atoms with Gasteiger partial charge in [-0.05, 0) is 43.9 Å². The molecule has 0 bridgehead atoms. The smallest absolute Gasteiger partial charge is 0.126 e. The predicted molar refractivity (Wildman–Crippen MR) is 68.8 cm³/mol. The molecule has 2 unspecified atom stereocenters. The number of aliphatic hydroxyl groups is 1. The molecule has 1 N–H and O–H groups in total. The van der Waals surface area contributed by atoms with Crippen LogP contribution in [0.5, 0.6) is 0 Å². The SMILES string of the molecule is CC1CC(O)(Cc2cc(F)cc(F)c2)CN1C1CC1. The van der Waals surface area contributed by atoms with Crippen molar-refractivity contribution in [3.05, 3.63) is 35.4 Å². The summed E-state index contributed by atoms with van der Waals surface area (Å²) in [5.74, 6) is -1.16. The molecule has 1 aromatic carbocycles. The molecular formula is C15H19F2NO. The number of β-amino-alcohol motifs (C(OH)–C–C–N with tert-alkyl or cyclic N) is 1. The Kier molecular flexibility index (Phi) is 3.10. The fraction of sp³-hybridized carbons (Fsp3) is 0.600. The van der Waals surface area contributed by atoms with E-state index in [0.717, 1.165) is 6.07 Å². The van der Waals surface area contributed by atoms with Gasteiger partial charge in [0.15, 0.2) is 0 Å². The molecule has 0 radical (unpaired) electrons. The molecule has 1 saturated heterocycles. The van der Waals surface area contributed by atoms with Crippen LogP contribution in [-0.4, -0.2) is 34.2 Å². The molecule has 2 nitrogen and oxygen atoms in total. The third-order valence-electron chi connectivity index (χ3n) is 4.19. The highest BCUT2D eigenvalue weighted by Crippen LogP contribution is 2.38. The first-order valence-corrected chi connectivity index (χ1v) is 6.88. The molecular weight excluding hydrogens is 248 g/mol. The first-order valence-electron chi connectivity index (χ1n) is 6.88. The number of benzene rings is 1. The van der Waals surface area contributed by atoms with Gasteiger partial charge in [0.25, 0.3) is 0 Å². The van der Waals surface area contributed by atoms with Gasteiger partial charge >= 0.3 is 0 Å². The molecule has 0 amide bonds. The van der Waals surface area contributed by atoms with Crippen LogP contribution in [0.3, 0.4) is 0 Å². The standard InChI is InChI=1S/C15H19F2NO/c1-10-7-15(19,9-18(10)14-2-3-14)8-11-4-12(16)6-13(17)5-11/h4-6,10,14,19H,2-3,7-9H2,1H3. The van der Waals surface area contributed by atoms with Crippen LogP contribution in [0.1, 0.15) is 31.7 Å². The van der Waals surface area contributed by atoms with E-state index in [1.165, 1.54) is 25.0 Å². The molecule has 2 atom stereocenters. The van der Waals surface area contributed by atoms with E-state index in [4.69, 9.17) is 0 Å². The van der Waals surface area contributed by atoms with Crippen molar-refractivity contribution in [3.63, 3.8) is 0 Å². The molecule has 2 fully saturated rings. The summed E-state index contributed by atoms with van der Waals surface area (Å²) < 4.78 is 26.4. The van der Waals surface area contributed by atoms with Crippen molar-refractivity contribution in [3.8, 4) is 0 Å². The van der Waals surface area contributed by atoms with E-state index in [1.54, 1.807) is 0 Å². The van der Waals surface area contributed by atoms with Crippen LogP contribution >= 0.6 is 0 Å². The zero-order valence-electron chi connectivity index (χ0n) is 11.1. The Labute approximate surface area is 112 Å². The van der Waals surface area contributed by atoms with E-state index >= 15 is 0 Å². The van der Waals surface area contributed by atoms with Crippen LogP contribution in [0.4, 0.5) is 8.78 Å². The molecule has 104 valence electrons. The minimum Gasteiger partial charge on any atom is -0.388 e. The van der Waals surface area contributed by atoms with E-state index in [1.807, 2.05) is 0 Å². The van der Waals surface area contributed by atoms with Crippen molar-refractivity contribution in [1.82, 2.24) is 4.90 Å². The maximum Gasteiger partial charge on any atom is 0.126 e. The lowest BCUT2D eigenvalue weighted by Gasteiger charge is -2.23. The van der Waals surface area contributed by atoms with Crippen LogP contribution in [0.2, 0.25) is 0 Å². The molecule has 1 heterocycles. The van der Waals surface area contributed by atoms with Crippen molar-refractivity contribution >= 4 is 0 Å². The molecule has 2 aliphatic rings. The van der Waals surface area contributed by atoms with E-state index in [2.05, 4.69) is 11.8 Å². The fourth-order valence-electron chi connectivity index (χ4n) is 3.34.